The third kappa shape index (κ3) is 8.40. The minimum Gasteiger partial charge on any atom is -0.310 e. The first kappa shape index (κ1) is 42.1. The highest BCUT2D eigenvalue weighted by molar-refractivity contribution is 6.00. The van der Waals surface area contributed by atoms with Crippen LogP contribution in [-0.4, -0.2) is 0 Å². The molecule has 0 saturated heterocycles. The molecule has 0 N–H and O–H groups in total. The van der Waals surface area contributed by atoms with E-state index in [1.807, 2.05) is 0 Å². The number of rotatable bonds is 11. The zero-order chi connectivity index (χ0) is 46.6. The summed E-state index contributed by atoms with van der Waals surface area (Å²) in [7, 11) is 0. The van der Waals surface area contributed by atoms with Gasteiger partial charge in [0.1, 0.15) is 0 Å². The Balaban J connectivity index is 1.07. The van der Waals surface area contributed by atoms with Crippen LogP contribution in [0.5, 0.6) is 0 Å². The summed E-state index contributed by atoms with van der Waals surface area (Å²) in [6.45, 7) is 0. The van der Waals surface area contributed by atoms with Crippen molar-refractivity contribution in [3.8, 4) is 55.6 Å². The predicted octanol–water partition coefficient (Wildman–Crippen LogP) is 19.3. The maximum atomic E-state index is 2.41. The lowest BCUT2D eigenvalue weighted by atomic mass is 9.96. The Morgan fingerprint density at radius 2 is 0.457 bits per heavy atom. The van der Waals surface area contributed by atoms with Crippen LogP contribution in [0.15, 0.2) is 291 Å². The van der Waals surface area contributed by atoms with Gasteiger partial charge in [0.05, 0.1) is 0 Å². The Hall–Kier alpha value is -9.24. The first-order valence-electron chi connectivity index (χ1n) is 24.0. The van der Waals surface area contributed by atoms with Gasteiger partial charge < -0.3 is 9.80 Å². The van der Waals surface area contributed by atoms with Crippen molar-refractivity contribution in [2.45, 2.75) is 0 Å². The summed E-state index contributed by atoms with van der Waals surface area (Å²) in [6, 6.07) is 106. The molecule has 0 unspecified atom stereocenters. The highest BCUT2D eigenvalue weighted by Crippen LogP contribution is 2.45. The lowest BCUT2D eigenvalue weighted by Gasteiger charge is -2.31. The van der Waals surface area contributed by atoms with Gasteiger partial charge in [-0.25, -0.2) is 0 Å². The van der Waals surface area contributed by atoms with Crippen molar-refractivity contribution in [2.24, 2.45) is 0 Å². The average molecular weight is 893 g/mol. The molecule has 0 aliphatic carbocycles. The summed E-state index contributed by atoms with van der Waals surface area (Å²) in [6.07, 6.45) is 0. The van der Waals surface area contributed by atoms with Gasteiger partial charge in [-0.15, -0.1) is 0 Å². The number of benzene rings is 12. The molecule has 70 heavy (non-hydrogen) atoms. The molecule has 0 radical (unpaired) electrons. The molecule has 0 spiro atoms. The molecule has 0 fully saturated rings. The van der Waals surface area contributed by atoms with Gasteiger partial charge in [-0.1, -0.05) is 224 Å². The van der Waals surface area contributed by atoms with Crippen molar-refractivity contribution in [2.75, 3.05) is 9.80 Å². The zero-order valence-electron chi connectivity index (χ0n) is 38.6. The summed E-state index contributed by atoms with van der Waals surface area (Å²) in [5.74, 6) is 0. The molecule has 12 aromatic rings. The third-order valence-corrected chi connectivity index (χ3v) is 13.4. The van der Waals surface area contributed by atoms with Crippen LogP contribution in [0.2, 0.25) is 0 Å². The standard InChI is InChI=1S/C68H48N2/c1-4-16-49(17-5-1)52-30-38-59(39-31-52)69(60-40-32-53(33-41-60)50-18-6-2-7-19-50)63-46-58(68-29-15-25-56-23-11-13-27-66(56)68)47-64(48-63)70(61-42-34-54(35-43-61)51-20-8-3-9-21-51)62-44-36-57(37-45-62)67-28-14-24-55-22-10-12-26-65(55)67/h1-48H. The lowest BCUT2D eigenvalue weighted by Crippen LogP contribution is -2.14. The maximum Gasteiger partial charge on any atom is 0.0488 e. The number of hydrogen-bond donors (Lipinski definition) is 0. The molecule has 12 rings (SSSR count). The number of nitrogens with zero attached hydrogens (tertiary/aromatic N) is 2. The van der Waals surface area contributed by atoms with Gasteiger partial charge in [0.15, 0.2) is 0 Å². The molecule has 0 atom stereocenters. The van der Waals surface area contributed by atoms with E-state index in [0.717, 1.165) is 39.7 Å². The van der Waals surface area contributed by atoms with Crippen LogP contribution in [0.25, 0.3) is 77.2 Å². The molecule has 0 saturated carbocycles. The minimum absolute atomic E-state index is 1.04. The average Bonchev–Trinajstić information content (AvgIpc) is 3.44. The summed E-state index contributed by atoms with van der Waals surface area (Å²) in [5, 5.41) is 4.88. The SMILES string of the molecule is c1ccc(-c2ccc(N(c3ccc(-c4ccccc4)cc3)c3cc(-c4cccc5ccccc45)cc(N(c4ccc(-c5ccccc5)cc4)c4ccc(-c5cccc6ccccc56)cc4)c3)cc2)cc1. The lowest BCUT2D eigenvalue weighted by molar-refractivity contribution is 1.25. The number of hydrogen-bond acceptors (Lipinski definition) is 2. The van der Waals surface area contributed by atoms with Crippen LogP contribution in [0.4, 0.5) is 34.1 Å². The zero-order valence-corrected chi connectivity index (χ0v) is 38.6. The van der Waals surface area contributed by atoms with Crippen molar-refractivity contribution in [3.63, 3.8) is 0 Å². The van der Waals surface area contributed by atoms with E-state index in [1.165, 1.54) is 71.6 Å². The second-order valence-corrected chi connectivity index (χ2v) is 17.7. The minimum atomic E-state index is 1.04. The molecule has 0 aliphatic heterocycles. The molecule has 2 nitrogen and oxygen atoms in total. The van der Waals surface area contributed by atoms with Gasteiger partial charge in [-0.05, 0) is 144 Å². The largest absolute Gasteiger partial charge is 0.310 e. The van der Waals surface area contributed by atoms with E-state index >= 15 is 0 Å². The molecule has 12 aromatic carbocycles. The third-order valence-electron chi connectivity index (χ3n) is 13.4. The van der Waals surface area contributed by atoms with Gasteiger partial charge >= 0.3 is 0 Å². The van der Waals surface area contributed by atoms with Crippen LogP contribution in [0.3, 0.4) is 0 Å². The Morgan fingerprint density at radius 1 is 0.171 bits per heavy atom. The predicted molar refractivity (Wildman–Crippen MR) is 298 cm³/mol. The molecule has 2 heteroatoms. The molecule has 0 amide bonds. The smallest absolute Gasteiger partial charge is 0.0488 e. The highest BCUT2D eigenvalue weighted by Gasteiger charge is 2.21. The molecule has 330 valence electrons. The fourth-order valence-electron chi connectivity index (χ4n) is 9.95. The topological polar surface area (TPSA) is 6.48 Å². The van der Waals surface area contributed by atoms with Gasteiger partial charge in [0.25, 0.3) is 0 Å². The number of anilines is 6. The summed E-state index contributed by atoms with van der Waals surface area (Å²) >= 11 is 0. The Bertz CT molecular complexity index is 3620. The van der Waals surface area contributed by atoms with E-state index in [-0.39, 0.29) is 0 Å². The Labute approximate surface area is 410 Å². The highest BCUT2D eigenvalue weighted by atomic mass is 15.2. The van der Waals surface area contributed by atoms with Crippen LogP contribution in [-0.2, 0) is 0 Å². The normalized spacial score (nSPS) is 11.1. The van der Waals surface area contributed by atoms with E-state index < -0.39 is 0 Å². The Kier molecular flexibility index (Phi) is 11.3. The van der Waals surface area contributed by atoms with Crippen LogP contribution in [0, 0.1) is 0 Å². The second-order valence-electron chi connectivity index (χ2n) is 17.7. The first-order valence-corrected chi connectivity index (χ1v) is 24.0. The summed E-state index contributed by atoms with van der Waals surface area (Å²) in [4.78, 5) is 4.82. The van der Waals surface area contributed by atoms with Crippen LogP contribution >= 0.6 is 0 Å². The van der Waals surface area contributed by atoms with Gasteiger partial charge in [0, 0.05) is 34.1 Å². The molecule has 0 heterocycles. The molecule has 0 aromatic heterocycles. The van der Waals surface area contributed by atoms with E-state index in [1.54, 1.807) is 0 Å². The second kappa shape index (κ2) is 18.8. The summed E-state index contributed by atoms with van der Waals surface area (Å²) in [5.41, 5.74) is 18.1. The van der Waals surface area contributed by atoms with Crippen molar-refractivity contribution in [1.29, 1.82) is 0 Å². The summed E-state index contributed by atoms with van der Waals surface area (Å²) < 4.78 is 0. The first-order chi connectivity index (χ1) is 34.7. The van der Waals surface area contributed by atoms with Gasteiger partial charge in [0.2, 0.25) is 0 Å². The van der Waals surface area contributed by atoms with Crippen LogP contribution < -0.4 is 9.80 Å². The monoisotopic (exact) mass is 892 g/mol. The fraction of sp³-hybridized carbons (Fsp3) is 0. The van der Waals surface area contributed by atoms with Gasteiger partial charge in [-0.2, -0.15) is 0 Å². The quantitative estimate of drug-likeness (QED) is 0.128. The van der Waals surface area contributed by atoms with Crippen molar-refractivity contribution in [1.82, 2.24) is 0 Å². The van der Waals surface area contributed by atoms with E-state index in [2.05, 4.69) is 301 Å². The van der Waals surface area contributed by atoms with Crippen molar-refractivity contribution < 1.29 is 0 Å². The maximum absolute atomic E-state index is 2.41. The van der Waals surface area contributed by atoms with Crippen molar-refractivity contribution >= 4 is 55.7 Å². The number of fused-ring (bicyclic) bond motifs is 2. The fourth-order valence-corrected chi connectivity index (χ4v) is 9.95. The van der Waals surface area contributed by atoms with E-state index in [9.17, 15) is 0 Å². The Morgan fingerprint density at radius 3 is 0.829 bits per heavy atom. The molecule has 0 aliphatic rings. The molecule has 0 bridgehead atoms. The molecular formula is C68H48N2. The molecular weight excluding hydrogens is 845 g/mol. The van der Waals surface area contributed by atoms with Crippen molar-refractivity contribution in [3.05, 3.63) is 291 Å². The van der Waals surface area contributed by atoms with E-state index in [0.29, 0.717) is 0 Å². The van der Waals surface area contributed by atoms with Gasteiger partial charge in [-0.3, -0.25) is 0 Å². The van der Waals surface area contributed by atoms with E-state index in [4.69, 9.17) is 0 Å². The van der Waals surface area contributed by atoms with Crippen LogP contribution in [0.1, 0.15) is 0 Å².